The van der Waals surface area contributed by atoms with E-state index in [1.54, 1.807) is 0 Å². The second-order valence-electron chi connectivity index (χ2n) is 5.00. The molecule has 0 saturated heterocycles. The molecular formula is C15H7ClF3N3O3. The lowest BCUT2D eigenvalue weighted by molar-refractivity contribution is 0.0695. The van der Waals surface area contributed by atoms with Gasteiger partial charge in [0.2, 0.25) is 5.43 Å². The first-order chi connectivity index (χ1) is 11.7. The van der Waals surface area contributed by atoms with Gasteiger partial charge in [0.15, 0.2) is 16.6 Å². The van der Waals surface area contributed by atoms with Gasteiger partial charge in [0.1, 0.15) is 17.2 Å². The average molecular weight is 370 g/mol. The fourth-order valence-corrected chi connectivity index (χ4v) is 2.41. The van der Waals surface area contributed by atoms with Crippen molar-refractivity contribution in [2.45, 2.75) is 0 Å². The van der Waals surface area contributed by atoms with Crippen LogP contribution in [0.15, 0.2) is 29.2 Å². The minimum atomic E-state index is -1.62. The zero-order valence-electron chi connectivity index (χ0n) is 12.1. The standard InChI is InChI=1S/C15H7ClF3N3O3/c16-13-9(19)1-5-12(23)6(15(24)25)4-22(14(5)21-13)11-3-10(20)7(17)2-8(11)18/h1-4H,20H2,(H,24,25). The quantitative estimate of drug-likeness (QED) is 0.534. The molecule has 10 heteroatoms. The van der Waals surface area contributed by atoms with E-state index in [2.05, 4.69) is 4.98 Å². The highest BCUT2D eigenvalue weighted by molar-refractivity contribution is 6.29. The van der Waals surface area contributed by atoms with Crippen LogP contribution in [-0.4, -0.2) is 20.6 Å². The monoisotopic (exact) mass is 369 g/mol. The van der Waals surface area contributed by atoms with E-state index < -0.39 is 50.6 Å². The van der Waals surface area contributed by atoms with Crippen molar-refractivity contribution in [1.29, 1.82) is 0 Å². The molecule has 0 spiro atoms. The average Bonchev–Trinajstić information content (AvgIpc) is 2.53. The van der Waals surface area contributed by atoms with Gasteiger partial charge in [-0.25, -0.2) is 22.9 Å². The summed E-state index contributed by atoms with van der Waals surface area (Å²) in [6.45, 7) is 0. The number of hydrogen-bond donors (Lipinski definition) is 2. The summed E-state index contributed by atoms with van der Waals surface area (Å²) in [7, 11) is 0. The summed E-state index contributed by atoms with van der Waals surface area (Å²) in [4.78, 5) is 27.1. The van der Waals surface area contributed by atoms with Crippen LogP contribution in [0.3, 0.4) is 0 Å². The number of pyridine rings is 2. The SMILES string of the molecule is Nc1cc(-n2cc(C(=O)O)c(=O)c3cc(F)c(Cl)nc32)c(F)cc1F. The molecule has 3 N–H and O–H groups in total. The number of nitrogens with two attached hydrogens (primary N) is 1. The van der Waals surface area contributed by atoms with E-state index in [1.807, 2.05) is 0 Å². The number of carboxylic acid groups (broad SMARTS) is 1. The maximum absolute atomic E-state index is 14.2. The van der Waals surface area contributed by atoms with Crippen molar-refractivity contribution in [2.75, 3.05) is 5.73 Å². The van der Waals surface area contributed by atoms with Gasteiger partial charge in [-0.2, -0.15) is 0 Å². The molecule has 0 aliphatic heterocycles. The summed E-state index contributed by atoms with van der Waals surface area (Å²) in [5.41, 5.74) is 2.49. The number of nitrogens with zero attached hydrogens (tertiary/aromatic N) is 2. The minimum absolute atomic E-state index is 0.314. The lowest BCUT2D eigenvalue weighted by atomic mass is 10.1. The van der Waals surface area contributed by atoms with Crippen molar-refractivity contribution in [1.82, 2.24) is 9.55 Å². The Hall–Kier alpha value is -3.07. The van der Waals surface area contributed by atoms with E-state index in [1.165, 1.54) is 0 Å². The third-order valence-electron chi connectivity index (χ3n) is 3.44. The van der Waals surface area contributed by atoms with E-state index in [0.717, 1.165) is 16.8 Å². The number of hydrogen-bond acceptors (Lipinski definition) is 4. The van der Waals surface area contributed by atoms with Gasteiger partial charge in [0, 0.05) is 12.3 Å². The number of aromatic carboxylic acids is 1. The Morgan fingerprint density at radius 1 is 1.16 bits per heavy atom. The Morgan fingerprint density at radius 2 is 1.84 bits per heavy atom. The van der Waals surface area contributed by atoms with Gasteiger partial charge in [-0.3, -0.25) is 9.36 Å². The summed E-state index contributed by atoms with van der Waals surface area (Å²) >= 11 is 5.60. The Kier molecular flexibility index (Phi) is 3.88. The highest BCUT2D eigenvalue weighted by Gasteiger charge is 2.20. The van der Waals surface area contributed by atoms with Crippen LogP contribution in [0.25, 0.3) is 16.7 Å². The van der Waals surface area contributed by atoms with E-state index in [9.17, 15) is 22.8 Å². The molecule has 0 atom stereocenters. The largest absolute Gasteiger partial charge is 0.477 e. The Morgan fingerprint density at radius 3 is 2.48 bits per heavy atom. The van der Waals surface area contributed by atoms with Gasteiger partial charge in [0.25, 0.3) is 0 Å². The van der Waals surface area contributed by atoms with Crippen molar-refractivity contribution in [3.63, 3.8) is 0 Å². The molecule has 25 heavy (non-hydrogen) atoms. The maximum atomic E-state index is 14.2. The van der Waals surface area contributed by atoms with Crippen LogP contribution in [0.4, 0.5) is 18.9 Å². The van der Waals surface area contributed by atoms with Gasteiger partial charge >= 0.3 is 5.97 Å². The summed E-state index contributed by atoms with van der Waals surface area (Å²) in [6.07, 6.45) is 0.782. The number of nitrogen functional groups attached to an aromatic ring is 1. The van der Waals surface area contributed by atoms with E-state index in [4.69, 9.17) is 22.4 Å². The molecule has 0 fully saturated rings. The normalized spacial score (nSPS) is 11.0. The number of fused-ring (bicyclic) bond motifs is 1. The molecule has 2 aromatic heterocycles. The zero-order valence-corrected chi connectivity index (χ0v) is 12.8. The number of benzene rings is 1. The first-order valence-electron chi connectivity index (χ1n) is 6.60. The second kappa shape index (κ2) is 5.78. The molecule has 3 rings (SSSR count). The Bertz CT molecular complexity index is 1110. The predicted molar refractivity (Wildman–Crippen MR) is 83.6 cm³/mol. The van der Waals surface area contributed by atoms with Crippen LogP contribution < -0.4 is 11.2 Å². The van der Waals surface area contributed by atoms with Crippen LogP contribution in [0, 0.1) is 17.5 Å². The number of rotatable bonds is 2. The highest BCUT2D eigenvalue weighted by atomic mass is 35.5. The zero-order chi connectivity index (χ0) is 18.5. The number of aromatic nitrogens is 2. The molecule has 0 amide bonds. The second-order valence-corrected chi connectivity index (χ2v) is 5.36. The molecule has 0 unspecified atom stereocenters. The predicted octanol–water partition coefficient (Wildman–Crippen LogP) is 2.74. The third kappa shape index (κ3) is 2.68. The Balaban J connectivity index is 2.52. The number of carbonyl (C=O) groups is 1. The molecule has 0 aliphatic carbocycles. The summed E-state index contributed by atoms with van der Waals surface area (Å²) in [6, 6.07) is 2.07. The van der Waals surface area contributed by atoms with Crippen molar-refractivity contribution in [3.8, 4) is 5.69 Å². The number of anilines is 1. The molecule has 1 aromatic carbocycles. The van der Waals surface area contributed by atoms with Gasteiger partial charge in [0.05, 0.1) is 16.8 Å². The minimum Gasteiger partial charge on any atom is -0.477 e. The maximum Gasteiger partial charge on any atom is 0.341 e. The molecule has 0 aliphatic rings. The molecular weight excluding hydrogens is 363 g/mol. The van der Waals surface area contributed by atoms with Gasteiger partial charge in [-0.15, -0.1) is 0 Å². The molecule has 6 nitrogen and oxygen atoms in total. The smallest absolute Gasteiger partial charge is 0.341 e. The number of halogens is 4. The van der Waals surface area contributed by atoms with E-state index in [-0.39, 0.29) is 11.3 Å². The van der Waals surface area contributed by atoms with E-state index in [0.29, 0.717) is 12.1 Å². The van der Waals surface area contributed by atoms with E-state index >= 15 is 0 Å². The van der Waals surface area contributed by atoms with Crippen LogP contribution in [0.5, 0.6) is 0 Å². The lowest BCUT2D eigenvalue weighted by Crippen LogP contribution is -2.20. The molecule has 0 bridgehead atoms. The molecule has 128 valence electrons. The van der Waals surface area contributed by atoms with Crippen molar-refractivity contribution in [2.24, 2.45) is 0 Å². The number of carboxylic acids is 1. The van der Waals surface area contributed by atoms with Crippen molar-refractivity contribution < 1.29 is 23.1 Å². The molecule has 3 aromatic rings. The molecule has 2 heterocycles. The fraction of sp³-hybridized carbons (Fsp3) is 0. The Labute approximate surface area is 141 Å². The molecule has 0 radical (unpaired) electrons. The van der Waals surface area contributed by atoms with Crippen LogP contribution >= 0.6 is 11.6 Å². The van der Waals surface area contributed by atoms with Crippen LogP contribution in [-0.2, 0) is 0 Å². The summed E-state index contributed by atoms with van der Waals surface area (Å²) < 4.78 is 42.1. The fourth-order valence-electron chi connectivity index (χ4n) is 2.28. The molecule has 0 saturated carbocycles. The topological polar surface area (TPSA) is 98.2 Å². The van der Waals surface area contributed by atoms with Gasteiger partial charge in [-0.05, 0) is 12.1 Å². The first kappa shape index (κ1) is 16.8. The summed E-state index contributed by atoms with van der Waals surface area (Å²) in [5.74, 6) is -4.80. The summed E-state index contributed by atoms with van der Waals surface area (Å²) in [5, 5.41) is 8.10. The van der Waals surface area contributed by atoms with Crippen LogP contribution in [0.2, 0.25) is 5.15 Å². The van der Waals surface area contributed by atoms with Gasteiger partial charge < -0.3 is 10.8 Å². The highest BCUT2D eigenvalue weighted by Crippen LogP contribution is 2.25. The first-order valence-corrected chi connectivity index (χ1v) is 6.98. The van der Waals surface area contributed by atoms with Crippen molar-refractivity contribution in [3.05, 3.63) is 62.8 Å². The van der Waals surface area contributed by atoms with Gasteiger partial charge in [-0.1, -0.05) is 11.6 Å². The van der Waals surface area contributed by atoms with Crippen LogP contribution in [0.1, 0.15) is 10.4 Å². The lowest BCUT2D eigenvalue weighted by Gasteiger charge is -2.13. The third-order valence-corrected chi connectivity index (χ3v) is 3.71. The van der Waals surface area contributed by atoms with Crippen molar-refractivity contribution >= 4 is 34.3 Å².